The highest BCUT2D eigenvalue weighted by atomic mass is 14.9. The minimum Gasteiger partial charge on any atom is -0.360 e. The summed E-state index contributed by atoms with van der Waals surface area (Å²) in [6, 6.07) is 12.2. The molecule has 20 heavy (non-hydrogen) atoms. The van der Waals surface area contributed by atoms with Crippen molar-refractivity contribution >= 4 is 10.9 Å². The van der Waals surface area contributed by atoms with E-state index >= 15 is 0 Å². The summed E-state index contributed by atoms with van der Waals surface area (Å²) in [5, 5.41) is 10.3. The molecular weight excluding hydrogens is 248 g/mol. The highest BCUT2D eigenvalue weighted by Crippen LogP contribution is 2.28. The van der Waals surface area contributed by atoms with Crippen molar-refractivity contribution in [2.75, 3.05) is 0 Å². The fourth-order valence-electron chi connectivity index (χ4n) is 2.14. The number of H-pyrrole nitrogens is 1. The molecule has 2 heterocycles. The Morgan fingerprint density at radius 1 is 1.20 bits per heavy atom. The van der Waals surface area contributed by atoms with Crippen molar-refractivity contribution < 1.29 is 0 Å². The Morgan fingerprint density at radius 3 is 2.80 bits per heavy atom. The zero-order valence-electron chi connectivity index (χ0n) is 11.4. The van der Waals surface area contributed by atoms with E-state index in [1.54, 1.807) is 6.20 Å². The third kappa shape index (κ3) is 1.94. The molecule has 0 saturated heterocycles. The van der Waals surface area contributed by atoms with Crippen LogP contribution in [0.1, 0.15) is 19.7 Å². The number of para-hydroxylation sites is 1. The van der Waals surface area contributed by atoms with Crippen LogP contribution in [0, 0.1) is 11.3 Å². The summed E-state index contributed by atoms with van der Waals surface area (Å²) in [4.78, 5) is 12.0. The van der Waals surface area contributed by atoms with E-state index in [-0.39, 0.29) is 0 Å². The van der Waals surface area contributed by atoms with Crippen LogP contribution in [0.4, 0.5) is 0 Å². The van der Waals surface area contributed by atoms with E-state index in [1.807, 2.05) is 44.3 Å². The van der Waals surface area contributed by atoms with Gasteiger partial charge in [-0.15, -0.1) is 0 Å². The Bertz CT molecular complexity index is 808. The van der Waals surface area contributed by atoms with Gasteiger partial charge in [-0.3, -0.25) is 0 Å². The average molecular weight is 262 g/mol. The summed E-state index contributed by atoms with van der Waals surface area (Å²) < 4.78 is 0. The summed E-state index contributed by atoms with van der Waals surface area (Å²) >= 11 is 0. The molecule has 0 bridgehead atoms. The van der Waals surface area contributed by atoms with Crippen molar-refractivity contribution in [2.45, 2.75) is 19.3 Å². The van der Waals surface area contributed by atoms with E-state index in [0.717, 1.165) is 22.2 Å². The van der Waals surface area contributed by atoms with Crippen LogP contribution >= 0.6 is 0 Å². The summed E-state index contributed by atoms with van der Waals surface area (Å²) in [6.07, 6.45) is 3.65. The van der Waals surface area contributed by atoms with Crippen LogP contribution in [-0.2, 0) is 5.41 Å². The Balaban J connectivity index is 2.16. The summed E-state index contributed by atoms with van der Waals surface area (Å²) in [5.41, 5.74) is 2.23. The number of fused-ring (bicyclic) bond motifs is 1. The third-order valence-corrected chi connectivity index (χ3v) is 3.36. The van der Waals surface area contributed by atoms with E-state index in [4.69, 9.17) is 0 Å². The number of aromatic nitrogens is 3. The first-order valence-corrected chi connectivity index (χ1v) is 6.43. The van der Waals surface area contributed by atoms with Gasteiger partial charge >= 0.3 is 0 Å². The molecule has 98 valence electrons. The van der Waals surface area contributed by atoms with Gasteiger partial charge < -0.3 is 4.98 Å². The van der Waals surface area contributed by atoms with Gasteiger partial charge in [0, 0.05) is 28.9 Å². The number of benzene rings is 1. The molecule has 0 spiro atoms. The van der Waals surface area contributed by atoms with Crippen LogP contribution in [0.25, 0.3) is 22.2 Å². The van der Waals surface area contributed by atoms with Crippen molar-refractivity contribution in [3.05, 3.63) is 48.5 Å². The van der Waals surface area contributed by atoms with E-state index in [2.05, 4.69) is 27.1 Å². The molecule has 0 aliphatic heterocycles. The lowest BCUT2D eigenvalue weighted by atomic mass is 9.94. The highest BCUT2D eigenvalue weighted by molar-refractivity contribution is 5.94. The van der Waals surface area contributed by atoms with Crippen LogP contribution in [0.15, 0.2) is 42.7 Å². The molecule has 1 N–H and O–H groups in total. The number of hydrogen-bond donors (Lipinski definition) is 1. The SMILES string of the molecule is CC(C)(C#N)c1nccc(-c2c[nH]c3ccccc23)n1. The maximum atomic E-state index is 9.20. The quantitative estimate of drug-likeness (QED) is 0.769. The van der Waals surface area contributed by atoms with Crippen molar-refractivity contribution in [3.8, 4) is 17.3 Å². The zero-order chi connectivity index (χ0) is 14.2. The van der Waals surface area contributed by atoms with E-state index in [9.17, 15) is 5.26 Å². The summed E-state index contributed by atoms with van der Waals surface area (Å²) in [5.74, 6) is 0.544. The van der Waals surface area contributed by atoms with Crippen LogP contribution in [0.5, 0.6) is 0 Å². The monoisotopic (exact) mass is 262 g/mol. The van der Waals surface area contributed by atoms with Gasteiger partial charge in [0.2, 0.25) is 0 Å². The fraction of sp³-hybridized carbons (Fsp3) is 0.188. The van der Waals surface area contributed by atoms with Crippen LogP contribution < -0.4 is 0 Å². The van der Waals surface area contributed by atoms with Gasteiger partial charge in [-0.25, -0.2) is 9.97 Å². The topological polar surface area (TPSA) is 65.4 Å². The molecule has 0 radical (unpaired) electrons. The normalized spacial score (nSPS) is 11.4. The lowest BCUT2D eigenvalue weighted by molar-refractivity contribution is 0.630. The molecule has 0 atom stereocenters. The van der Waals surface area contributed by atoms with Gasteiger partial charge in [-0.2, -0.15) is 5.26 Å². The standard InChI is InChI=1S/C16H14N4/c1-16(2,10-17)15-18-8-7-14(20-15)12-9-19-13-6-4-3-5-11(12)13/h3-9,19H,1-2H3. The van der Waals surface area contributed by atoms with Gasteiger partial charge in [-0.05, 0) is 26.0 Å². The fourth-order valence-corrected chi connectivity index (χ4v) is 2.14. The smallest absolute Gasteiger partial charge is 0.148 e. The number of nitriles is 1. The van der Waals surface area contributed by atoms with Crippen molar-refractivity contribution in [1.82, 2.24) is 15.0 Å². The highest BCUT2D eigenvalue weighted by Gasteiger charge is 2.23. The van der Waals surface area contributed by atoms with Gasteiger partial charge in [-0.1, -0.05) is 18.2 Å². The van der Waals surface area contributed by atoms with Crippen molar-refractivity contribution in [2.24, 2.45) is 0 Å². The first kappa shape index (κ1) is 12.4. The maximum absolute atomic E-state index is 9.20. The molecule has 3 rings (SSSR count). The number of rotatable bonds is 2. The minimum absolute atomic E-state index is 0.544. The predicted octanol–water partition coefficient (Wildman–Crippen LogP) is 3.43. The molecule has 1 aromatic carbocycles. The molecular formula is C16H14N4. The van der Waals surface area contributed by atoms with Crippen LogP contribution in [0.3, 0.4) is 0 Å². The Morgan fingerprint density at radius 2 is 2.00 bits per heavy atom. The van der Waals surface area contributed by atoms with Gasteiger partial charge in [0.1, 0.15) is 11.2 Å². The van der Waals surface area contributed by atoms with Crippen molar-refractivity contribution in [1.29, 1.82) is 5.26 Å². The molecule has 0 unspecified atom stereocenters. The molecule has 0 aliphatic rings. The molecule has 3 aromatic rings. The molecule has 4 heteroatoms. The Kier molecular flexibility index (Phi) is 2.76. The number of hydrogen-bond acceptors (Lipinski definition) is 3. The molecule has 0 saturated carbocycles. The first-order chi connectivity index (χ1) is 9.62. The third-order valence-electron chi connectivity index (χ3n) is 3.36. The average Bonchev–Trinajstić information content (AvgIpc) is 2.91. The summed E-state index contributed by atoms with van der Waals surface area (Å²) in [6.45, 7) is 3.64. The molecule has 0 aliphatic carbocycles. The lowest BCUT2D eigenvalue weighted by Crippen LogP contribution is -2.18. The zero-order valence-corrected chi connectivity index (χ0v) is 11.4. The second-order valence-electron chi connectivity index (χ2n) is 5.25. The second-order valence-corrected chi connectivity index (χ2v) is 5.25. The minimum atomic E-state index is -0.692. The lowest BCUT2D eigenvalue weighted by Gasteiger charge is -2.13. The first-order valence-electron chi connectivity index (χ1n) is 6.43. The number of nitrogens with zero attached hydrogens (tertiary/aromatic N) is 3. The molecule has 4 nitrogen and oxygen atoms in total. The predicted molar refractivity (Wildman–Crippen MR) is 78.0 cm³/mol. The van der Waals surface area contributed by atoms with Crippen LogP contribution in [-0.4, -0.2) is 15.0 Å². The maximum Gasteiger partial charge on any atom is 0.148 e. The number of nitrogens with one attached hydrogen (secondary N) is 1. The van der Waals surface area contributed by atoms with Gasteiger partial charge in [0.25, 0.3) is 0 Å². The van der Waals surface area contributed by atoms with E-state index in [0.29, 0.717) is 5.82 Å². The largest absolute Gasteiger partial charge is 0.360 e. The Labute approximate surface area is 117 Å². The van der Waals surface area contributed by atoms with E-state index in [1.165, 1.54) is 0 Å². The second kappa shape index (κ2) is 4.46. The molecule has 2 aromatic heterocycles. The molecule has 0 amide bonds. The summed E-state index contributed by atoms with van der Waals surface area (Å²) in [7, 11) is 0. The van der Waals surface area contributed by atoms with Crippen molar-refractivity contribution in [3.63, 3.8) is 0 Å². The van der Waals surface area contributed by atoms with Gasteiger partial charge in [0.15, 0.2) is 0 Å². The van der Waals surface area contributed by atoms with E-state index < -0.39 is 5.41 Å². The van der Waals surface area contributed by atoms with Gasteiger partial charge in [0.05, 0.1) is 11.8 Å². The Hall–Kier alpha value is -2.67. The number of aromatic amines is 1. The molecule has 0 fully saturated rings. The van der Waals surface area contributed by atoms with Crippen LogP contribution in [0.2, 0.25) is 0 Å².